The zero-order valence-electron chi connectivity index (χ0n) is 8.86. The number of carbonyl (C=O) groups excluding carboxylic acids is 1. The number of amides is 1. The maximum atomic E-state index is 11.3. The predicted molar refractivity (Wildman–Crippen MR) is 57.1 cm³/mol. The van der Waals surface area contributed by atoms with Gasteiger partial charge in [0.15, 0.2) is 0 Å². The standard InChI is InChI=1S/C11H12N2O3/c1-13-11(15)8-2-3-10(16-5-4-14)9(6-8)7-12/h2-3,6,14H,4-5H2,1H3,(H,13,15). The van der Waals surface area contributed by atoms with Crippen molar-refractivity contribution in [3.05, 3.63) is 29.3 Å². The molecule has 0 aromatic heterocycles. The molecule has 1 aromatic rings. The number of ether oxygens (including phenoxy) is 1. The fourth-order valence-corrected chi connectivity index (χ4v) is 1.18. The van der Waals surface area contributed by atoms with E-state index < -0.39 is 0 Å². The van der Waals surface area contributed by atoms with Gasteiger partial charge in [0.05, 0.1) is 12.2 Å². The number of hydrogen-bond acceptors (Lipinski definition) is 4. The van der Waals surface area contributed by atoms with Crippen LogP contribution in [0, 0.1) is 11.3 Å². The second kappa shape index (κ2) is 5.73. The minimum atomic E-state index is -0.259. The minimum Gasteiger partial charge on any atom is -0.490 e. The van der Waals surface area contributed by atoms with Crippen molar-refractivity contribution >= 4 is 5.91 Å². The molecular formula is C11H12N2O3. The quantitative estimate of drug-likeness (QED) is 0.764. The molecule has 0 saturated heterocycles. The number of hydrogen-bond donors (Lipinski definition) is 2. The van der Waals surface area contributed by atoms with E-state index in [9.17, 15) is 4.79 Å². The number of aliphatic hydroxyl groups excluding tert-OH is 1. The van der Waals surface area contributed by atoms with E-state index in [0.717, 1.165) is 0 Å². The Morgan fingerprint density at radius 3 is 2.94 bits per heavy atom. The molecule has 84 valence electrons. The van der Waals surface area contributed by atoms with Crippen LogP contribution in [0.25, 0.3) is 0 Å². The van der Waals surface area contributed by atoms with Crippen molar-refractivity contribution in [2.45, 2.75) is 0 Å². The minimum absolute atomic E-state index is 0.119. The van der Waals surface area contributed by atoms with Gasteiger partial charge in [-0.25, -0.2) is 0 Å². The largest absolute Gasteiger partial charge is 0.490 e. The summed E-state index contributed by atoms with van der Waals surface area (Å²) in [7, 11) is 1.52. The molecule has 1 rings (SSSR count). The summed E-state index contributed by atoms with van der Waals surface area (Å²) < 4.78 is 5.14. The first-order chi connectivity index (χ1) is 7.72. The summed E-state index contributed by atoms with van der Waals surface area (Å²) in [6.07, 6.45) is 0. The van der Waals surface area contributed by atoms with E-state index in [-0.39, 0.29) is 24.7 Å². The van der Waals surface area contributed by atoms with Crippen molar-refractivity contribution in [1.82, 2.24) is 5.32 Å². The zero-order valence-corrected chi connectivity index (χ0v) is 8.86. The molecule has 16 heavy (non-hydrogen) atoms. The van der Waals surface area contributed by atoms with Crippen molar-refractivity contribution in [3.8, 4) is 11.8 Å². The summed E-state index contributed by atoms with van der Waals surface area (Å²) in [5, 5.41) is 19.9. The Bertz CT molecular complexity index is 424. The topological polar surface area (TPSA) is 82.3 Å². The molecule has 0 radical (unpaired) electrons. The molecular weight excluding hydrogens is 208 g/mol. The second-order valence-corrected chi connectivity index (χ2v) is 2.97. The van der Waals surface area contributed by atoms with Gasteiger partial charge in [0.2, 0.25) is 0 Å². The highest BCUT2D eigenvalue weighted by Crippen LogP contribution is 2.19. The molecule has 0 atom stereocenters. The van der Waals surface area contributed by atoms with Crippen LogP contribution in [-0.2, 0) is 0 Å². The van der Waals surface area contributed by atoms with Crippen LogP contribution in [0.1, 0.15) is 15.9 Å². The molecule has 0 bridgehead atoms. The van der Waals surface area contributed by atoms with Gasteiger partial charge in [0.25, 0.3) is 5.91 Å². The van der Waals surface area contributed by atoms with E-state index in [2.05, 4.69) is 5.32 Å². The van der Waals surface area contributed by atoms with Crippen molar-refractivity contribution < 1.29 is 14.6 Å². The molecule has 0 spiro atoms. The molecule has 5 heteroatoms. The molecule has 0 unspecified atom stereocenters. The Hall–Kier alpha value is -2.06. The Kier molecular flexibility index (Phi) is 4.30. The highest BCUT2D eigenvalue weighted by atomic mass is 16.5. The van der Waals surface area contributed by atoms with Crippen LogP contribution in [0.2, 0.25) is 0 Å². The third-order valence-corrected chi connectivity index (χ3v) is 1.94. The first kappa shape index (κ1) is 12.0. The SMILES string of the molecule is CNC(=O)c1ccc(OCCO)c(C#N)c1. The van der Waals surface area contributed by atoms with Gasteiger partial charge in [-0.05, 0) is 18.2 Å². The number of nitriles is 1. The number of aliphatic hydroxyl groups is 1. The van der Waals surface area contributed by atoms with Crippen LogP contribution < -0.4 is 10.1 Å². The Balaban J connectivity index is 2.98. The zero-order chi connectivity index (χ0) is 12.0. The van der Waals surface area contributed by atoms with Crippen LogP contribution in [-0.4, -0.2) is 31.3 Å². The number of nitrogens with zero attached hydrogens (tertiary/aromatic N) is 1. The van der Waals surface area contributed by atoms with Crippen molar-refractivity contribution in [3.63, 3.8) is 0 Å². The maximum absolute atomic E-state index is 11.3. The lowest BCUT2D eigenvalue weighted by atomic mass is 10.1. The molecule has 0 heterocycles. The predicted octanol–water partition coefficient (Wildman–Crippen LogP) is 0.289. The summed E-state index contributed by atoms with van der Waals surface area (Å²) in [6, 6.07) is 6.49. The first-order valence-electron chi connectivity index (χ1n) is 4.72. The molecule has 1 aromatic carbocycles. The van der Waals surface area contributed by atoms with E-state index in [1.165, 1.54) is 13.1 Å². The number of carbonyl (C=O) groups is 1. The molecule has 0 saturated carbocycles. The van der Waals surface area contributed by atoms with Gasteiger partial charge in [-0.2, -0.15) is 5.26 Å². The highest BCUT2D eigenvalue weighted by Gasteiger charge is 2.08. The first-order valence-corrected chi connectivity index (χ1v) is 4.72. The summed E-state index contributed by atoms with van der Waals surface area (Å²) >= 11 is 0. The Morgan fingerprint density at radius 2 is 2.38 bits per heavy atom. The number of rotatable bonds is 4. The third-order valence-electron chi connectivity index (χ3n) is 1.94. The molecule has 2 N–H and O–H groups in total. The molecule has 1 amide bonds. The molecule has 0 aliphatic heterocycles. The summed E-state index contributed by atoms with van der Waals surface area (Å²) in [5.41, 5.74) is 0.671. The highest BCUT2D eigenvalue weighted by molar-refractivity contribution is 5.94. The molecule has 0 aliphatic carbocycles. The lowest BCUT2D eigenvalue weighted by molar-refractivity contribution is 0.0963. The second-order valence-electron chi connectivity index (χ2n) is 2.97. The van der Waals surface area contributed by atoms with Gasteiger partial charge in [0.1, 0.15) is 18.4 Å². The monoisotopic (exact) mass is 220 g/mol. The number of nitrogens with one attached hydrogen (secondary N) is 1. The van der Waals surface area contributed by atoms with Gasteiger partial charge in [0, 0.05) is 12.6 Å². The van der Waals surface area contributed by atoms with E-state index >= 15 is 0 Å². The lowest BCUT2D eigenvalue weighted by Gasteiger charge is -2.07. The Morgan fingerprint density at radius 1 is 1.62 bits per heavy atom. The van der Waals surface area contributed by atoms with E-state index in [1.54, 1.807) is 12.1 Å². The van der Waals surface area contributed by atoms with Gasteiger partial charge in [-0.1, -0.05) is 0 Å². The van der Waals surface area contributed by atoms with E-state index in [4.69, 9.17) is 15.1 Å². The van der Waals surface area contributed by atoms with Gasteiger partial charge in [-0.15, -0.1) is 0 Å². The normalized spacial score (nSPS) is 9.31. The lowest BCUT2D eigenvalue weighted by Crippen LogP contribution is -2.17. The van der Waals surface area contributed by atoms with Gasteiger partial charge in [-0.3, -0.25) is 4.79 Å². The molecule has 5 nitrogen and oxygen atoms in total. The van der Waals surface area contributed by atoms with Crippen LogP contribution in [0.15, 0.2) is 18.2 Å². The van der Waals surface area contributed by atoms with Crippen molar-refractivity contribution in [2.75, 3.05) is 20.3 Å². The van der Waals surface area contributed by atoms with Crippen LogP contribution in [0.4, 0.5) is 0 Å². The van der Waals surface area contributed by atoms with Crippen molar-refractivity contribution in [1.29, 1.82) is 5.26 Å². The smallest absolute Gasteiger partial charge is 0.251 e. The summed E-state index contributed by atoms with van der Waals surface area (Å²) in [6.45, 7) is -0.00390. The average Bonchev–Trinajstić information content (AvgIpc) is 2.35. The fraction of sp³-hybridized carbons (Fsp3) is 0.273. The van der Waals surface area contributed by atoms with E-state index in [0.29, 0.717) is 11.3 Å². The fourth-order valence-electron chi connectivity index (χ4n) is 1.18. The van der Waals surface area contributed by atoms with Gasteiger partial charge < -0.3 is 15.2 Å². The van der Waals surface area contributed by atoms with Crippen LogP contribution >= 0.6 is 0 Å². The Labute approximate surface area is 93.3 Å². The summed E-state index contributed by atoms with van der Waals surface area (Å²) in [5.74, 6) is 0.106. The molecule has 0 fully saturated rings. The van der Waals surface area contributed by atoms with Crippen molar-refractivity contribution in [2.24, 2.45) is 0 Å². The van der Waals surface area contributed by atoms with Crippen LogP contribution in [0.5, 0.6) is 5.75 Å². The third kappa shape index (κ3) is 2.72. The average molecular weight is 220 g/mol. The maximum Gasteiger partial charge on any atom is 0.251 e. The van der Waals surface area contributed by atoms with Gasteiger partial charge >= 0.3 is 0 Å². The van der Waals surface area contributed by atoms with Crippen LogP contribution in [0.3, 0.4) is 0 Å². The summed E-state index contributed by atoms with van der Waals surface area (Å²) in [4.78, 5) is 11.3. The van der Waals surface area contributed by atoms with E-state index in [1.807, 2.05) is 6.07 Å². The molecule has 0 aliphatic rings. The number of benzene rings is 1.